The minimum absolute atomic E-state index is 0.323. The Hall–Kier alpha value is -0.850. The Morgan fingerprint density at radius 3 is 2.29 bits per heavy atom. The molecule has 0 aromatic carbocycles. The van der Waals surface area contributed by atoms with Crippen LogP contribution in [0.1, 0.15) is 46.5 Å². The Bertz CT molecular complexity index is 253. The van der Waals surface area contributed by atoms with E-state index in [-0.39, 0.29) is 6.09 Å². The molecule has 0 fully saturated rings. The van der Waals surface area contributed by atoms with Crippen molar-refractivity contribution in [2.75, 3.05) is 40.3 Å². The Balaban J connectivity index is 3.17. The molecular formula is C15H31NO5. The number of hydrogen-bond acceptors (Lipinski definition) is 5. The van der Waals surface area contributed by atoms with Gasteiger partial charge in [-0.15, -0.1) is 0 Å². The average molecular weight is 305 g/mol. The second-order valence-electron chi connectivity index (χ2n) is 5.77. The molecule has 0 atom stereocenters. The standard InChI is InChI=1S/C15H31NO5/c1-15(2,3)21-14(17)16-9-7-5-6-8-10-19-13-20-12-11-18-4/h5-13H2,1-4H3,(H,16,17). The van der Waals surface area contributed by atoms with Gasteiger partial charge in [0.25, 0.3) is 0 Å². The number of hydrogen-bond donors (Lipinski definition) is 1. The summed E-state index contributed by atoms with van der Waals surface area (Å²) >= 11 is 0. The van der Waals surface area contributed by atoms with E-state index < -0.39 is 5.60 Å². The molecule has 1 amide bonds. The summed E-state index contributed by atoms with van der Waals surface area (Å²) < 4.78 is 20.5. The first-order chi connectivity index (χ1) is 9.95. The summed E-state index contributed by atoms with van der Waals surface area (Å²) in [6.07, 6.45) is 3.74. The number of unbranched alkanes of at least 4 members (excludes halogenated alkanes) is 3. The van der Waals surface area contributed by atoms with Gasteiger partial charge in [-0.2, -0.15) is 0 Å². The highest BCUT2D eigenvalue weighted by Crippen LogP contribution is 2.06. The van der Waals surface area contributed by atoms with Crippen LogP contribution in [-0.4, -0.2) is 52.0 Å². The van der Waals surface area contributed by atoms with Gasteiger partial charge in [0.1, 0.15) is 12.4 Å². The van der Waals surface area contributed by atoms with Crippen LogP contribution in [0.5, 0.6) is 0 Å². The first-order valence-electron chi connectivity index (χ1n) is 7.57. The number of methoxy groups -OCH3 is 1. The molecule has 0 aromatic rings. The van der Waals surface area contributed by atoms with Crippen molar-refractivity contribution in [2.45, 2.75) is 52.1 Å². The predicted octanol–water partition coefficient (Wildman–Crippen LogP) is 2.71. The van der Waals surface area contributed by atoms with Crippen LogP contribution in [0.2, 0.25) is 0 Å². The van der Waals surface area contributed by atoms with Crippen LogP contribution in [0.4, 0.5) is 4.79 Å². The highest BCUT2D eigenvalue weighted by Gasteiger charge is 2.15. The molecule has 0 spiro atoms. The van der Waals surface area contributed by atoms with Crippen molar-refractivity contribution in [2.24, 2.45) is 0 Å². The molecule has 0 unspecified atom stereocenters. The number of carbonyl (C=O) groups is 1. The number of ether oxygens (including phenoxy) is 4. The van der Waals surface area contributed by atoms with E-state index in [4.69, 9.17) is 18.9 Å². The summed E-state index contributed by atoms with van der Waals surface area (Å²) in [5.74, 6) is 0. The topological polar surface area (TPSA) is 66.0 Å². The zero-order valence-electron chi connectivity index (χ0n) is 13.9. The normalized spacial score (nSPS) is 11.4. The van der Waals surface area contributed by atoms with Gasteiger partial charge in [0.05, 0.1) is 13.2 Å². The molecule has 6 nitrogen and oxygen atoms in total. The Labute approximate surface area is 128 Å². The van der Waals surface area contributed by atoms with Gasteiger partial charge in [0, 0.05) is 20.3 Å². The highest BCUT2D eigenvalue weighted by atomic mass is 16.7. The maximum atomic E-state index is 11.4. The lowest BCUT2D eigenvalue weighted by Crippen LogP contribution is -2.32. The molecular weight excluding hydrogens is 274 g/mol. The third-order valence-electron chi connectivity index (χ3n) is 2.48. The largest absolute Gasteiger partial charge is 0.444 e. The van der Waals surface area contributed by atoms with Gasteiger partial charge < -0.3 is 24.3 Å². The van der Waals surface area contributed by atoms with E-state index >= 15 is 0 Å². The van der Waals surface area contributed by atoms with E-state index in [0.717, 1.165) is 25.7 Å². The van der Waals surface area contributed by atoms with Crippen molar-refractivity contribution in [3.05, 3.63) is 0 Å². The maximum absolute atomic E-state index is 11.4. The number of alkyl carbamates (subject to hydrolysis) is 1. The minimum Gasteiger partial charge on any atom is -0.444 e. The lowest BCUT2D eigenvalue weighted by molar-refractivity contribution is -0.0664. The van der Waals surface area contributed by atoms with Crippen molar-refractivity contribution in [1.82, 2.24) is 5.32 Å². The fourth-order valence-electron chi connectivity index (χ4n) is 1.51. The third-order valence-corrected chi connectivity index (χ3v) is 2.48. The SMILES string of the molecule is COCCOCOCCCCCCNC(=O)OC(C)(C)C. The lowest BCUT2D eigenvalue weighted by Gasteiger charge is -2.19. The molecule has 0 heterocycles. The Kier molecular flexibility index (Phi) is 12.3. The third kappa shape index (κ3) is 17.1. The Morgan fingerprint density at radius 1 is 0.952 bits per heavy atom. The van der Waals surface area contributed by atoms with E-state index in [0.29, 0.717) is 33.2 Å². The molecule has 0 saturated heterocycles. The second kappa shape index (κ2) is 12.9. The van der Waals surface area contributed by atoms with E-state index in [2.05, 4.69) is 5.32 Å². The first kappa shape index (κ1) is 20.1. The molecule has 0 saturated carbocycles. The second-order valence-corrected chi connectivity index (χ2v) is 5.77. The van der Waals surface area contributed by atoms with E-state index in [1.807, 2.05) is 20.8 Å². The summed E-state index contributed by atoms with van der Waals surface area (Å²) in [5.41, 5.74) is -0.438. The van der Waals surface area contributed by atoms with Crippen LogP contribution in [0.25, 0.3) is 0 Å². The van der Waals surface area contributed by atoms with Crippen molar-refractivity contribution in [3.8, 4) is 0 Å². The van der Waals surface area contributed by atoms with Crippen molar-refractivity contribution in [3.63, 3.8) is 0 Å². The fourth-order valence-corrected chi connectivity index (χ4v) is 1.51. The number of amides is 1. The van der Waals surface area contributed by atoms with Gasteiger partial charge >= 0.3 is 6.09 Å². The molecule has 0 radical (unpaired) electrons. The summed E-state index contributed by atoms with van der Waals surface area (Å²) in [7, 11) is 1.64. The van der Waals surface area contributed by atoms with Crippen molar-refractivity contribution in [1.29, 1.82) is 0 Å². The monoisotopic (exact) mass is 305 g/mol. The number of rotatable bonds is 12. The molecule has 0 aromatic heterocycles. The Morgan fingerprint density at radius 2 is 1.62 bits per heavy atom. The summed E-state index contributed by atoms with van der Waals surface area (Å²) in [5, 5.41) is 2.75. The lowest BCUT2D eigenvalue weighted by atomic mass is 10.2. The predicted molar refractivity (Wildman–Crippen MR) is 81.4 cm³/mol. The molecule has 0 aliphatic heterocycles. The van der Waals surface area contributed by atoms with Gasteiger partial charge in [-0.05, 0) is 33.6 Å². The smallest absolute Gasteiger partial charge is 0.407 e. The van der Waals surface area contributed by atoms with Crippen LogP contribution in [-0.2, 0) is 18.9 Å². The van der Waals surface area contributed by atoms with Crippen LogP contribution in [0.3, 0.4) is 0 Å². The van der Waals surface area contributed by atoms with Gasteiger partial charge in [-0.25, -0.2) is 4.79 Å². The van der Waals surface area contributed by atoms with Crippen LogP contribution in [0, 0.1) is 0 Å². The van der Waals surface area contributed by atoms with Crippen LogP contribution >= 0.6 is 0 Å². The van der Waals surface area contributed by atoms with Crippen molar-refractivity contribution >= 4 is 6.09 Å². The molecule has 0 rings (SSSR count). The van der Waals surface area contributed by atoms with Crippen molar-refractivity contribution < 1.29 is 23.7 Å². The van der Waals surface area contributed by atoms with Gasteiger partial charge in [0.2, 0.25) is 0 Å². The zero-order chi connectivity index (χ0) is 16.0. The molecule has 21 heavy (non-hydrogen) atoms. The summed E-state index contributed by atoms with van der Waals surface area (Å²) in [6, 6.07) is 0. The fraction of sp³-hybridized carbons (Fsp3) is 0.933. The molecule has 126 valence electrons. The number of carbonyl (C=O) groups excluding carboxylic acids is 1. The zero-order valence-corrected chi connectivity index (χ0v) is 13.9. The minimum atomic E-state index is -0.438. The maximum Gasteiger partial charge on any atom is 0.407 e. The van der Waals surface area contributed by atoms with E-state index in [1.54, 1.807) is 7.11 Å². The molecule has 0 aliphatic rings. The van der Waals surface area contributed by atoms with E-state index in [9.17, 15) is 4.79 Å². The molecule has 0 bridgehead atoms. The molecule has 0 aliphatic carbocycles. The highest BCUT2D eigenvalue weighted by molar-refractivity contribution is 5.67. The summed E-state index contributed by atoms with van der Waals surface area (Å²) in [6.45, 7) is 8.38. The van der Waals surface area contributed by atoms with Gasteiger partial charge in [-0.1, -0.05) is 12.8 Å². The number of nitrogens with one attached hydrogen (secondary N) is 1. The van der Waals surface area contributed by atoms with E-state index in [1.165, 1.54) is 0 Å². The molecule has 1 N–H and O–H groups in total. The quantitative estimate of drug-likeness (QED) is 0.443. The van der Waals surface area contributed by atoms with Crippen LogP contribution < -0.4 is 5.32 Å². The average Bonchev–Trinajstić information content (AvgIpc) is 2.38. The van der Waals surface area contributed by atoms with Gasteiger partial charge in [-0.3, -0.25) is 0 Å². The van der Waals surface area contributed by atoms with Gasteiger partial charge in [0.15, 0.2) is 0 Å². The summed E-state index contributed by atoms with van der Waals surface area (Å²) in [4.78, 5) is 11.4. The first-order valence-corrected chi connectivity index (χ1v) is 7.57. The van der Waals surface area contributed by atoms with Crippen LogP contribution in [0.15, 0.2) is 0 Å². The molecule has 6 heteroatoms.